The van der Waals surface area contributed by atoms with Gasteiger partial charge in [-0.1, -0.05) is 12.1 Å². The fourth-order valence-electron chi connectivity index (χ4n) is 3.79. The number of ether oxygens (including phenoxy) is 1. The fourth-order valence-corrected chi connectivity index (χ4v) is 3.79. The maximum Gasteiger partial charge on any atom is 0.245 e. The first-order valence-electron chi connectivity index (χ1n) is 8.76. The number of hydrogen-bond donors (Lipinski definition) is 0. The molecule has 2 aliphatic heterocycles. The third kappa shape index (κ3) is 3.55. The molecule has 3 rings (SSSR count). The molecule has 1 aromatic rings. The van der Waals surface area contributed by atoms with Crippen molar-refractivity contribution in [2.75, 3.05) is 27.2 Å². The quantitative estimate of drug-likeness (QED) is 0.849. The van der Waals surface area contributed by atoms with Gasteiger partial charge in [-0.3, -0.25) is 9.59 Å². The molecule has 1 aromatic carbocycles. The zero-order valence-electron chi connectivity index (χ0n) is 14.5. The van der Waals surface area contributed by atoms with Crippen molar-refractivity contribution in [3.8, 4) is 5.75 Å². The van der Waals surface area contributed by atoms with E-state index in [9.17, 15) is 9.59 Å². The van der Waals surface area contributed by atoms with E-state index >= 15 is 0 Å². The Morgan fingerprint density at radius 3 is 2.62 bits per heavy atom. The minimum absolute atomic E-state index is 0.0845. The van der Waals surface area contributed by atoms with Crippen LogP contribution in [0.25, 0.3) is 0 Å². The van der Waals surface area contributed by atoms with Crippen molar-refractivity contribution in [3.05, 3.63) is 29.8 Å². The monoisotopic (exact) mass is 330 g/mol. The van der Waals surface area contributed by atoms with Gasteiger partial charge in [0.1, 0.15) is 11.8 Å². The van der Waals surface area contributed by atoms with Crippen molar-refractivity contribution in [2.45, 2.75) is 38.1 Å². The predicted octanol–water partition coefficient (Wildman–Crippen LogP) is 2.10. The Kier molecular flexibility index (Phi) is 5.07. The van der Waals surface area contributed by atoms with E-state index < -0.39 is 0 Å². The summed E-state index contributed by atoms with van der Waals surface area (Å²) in [6.45, 7) is 1.60. The van der Waals surface area contributed by atoms with Crippen LogP contribution in [0.2, 0.25) is 0 Å². The molecule has 2 aliphatic rings. The van der Waals surface area contributed by atoms with Crippen molar-refractivity contribution < 1.29 is 14.3 Å². The summed E-state index contributed by atoms with van der Waals surface area (Å²) in [6, 6.07) is 7.98. The number of piperidine rings is 1. The third-order valence-corrected chi connectivity index (χ3v) is 5.36. The Bertz CT molecular complexity index is 608. The van der Waals surface area contributed by atoms with Gasteiger partial charge in [-0.05, 0) is 49.3 Å². The molecule has 1 atom stereocenters. The van der Waals surface area contributed by atoms with E-state index in [1.165, 1.54) is 5.56 Å². The number of carbonyl (C=O) groups excluding carboxylic acids is 2. The second-order valence-electron chi connectivity index (χ2n) is 6.88. The number of benzene rings is 1. The maximum atomic E-state index is 12.6. The van der Waals surface area contributed by atoms with Gasteiger partial charge in [-0.25, -0.2) is 0 Å². The van der Waals surface area contributed by atoms with Crippen LogP contribution < -0.4 is 4.74 Å². The maximum absolute atomic E-state index is 12.6. The standard InChI is InChI=1S/C19H26N2O3/c1-20-17(6-7-18(20)22)19(23)21-10-8-14(9-11-21)12-15-4-3-5-16(13-15)24-2/h3-5,13-14,17H,6-12H2,1-2H3. The highest BCUT2D eigenvalue weighted by Gasteiger charge is 2.36. The molecule has 0 N–H and O–H groups in total. The van der Waals surface area contributed by atoms with Crippen molar-refractivity contribution in [2.24, 2.45) is 5.92 Å². The number of methoxy groups -OCH3 is 1. The van der Waals surface area contributed by atoms with E-state index in [0.29, 0.717) is 18.8 Å². The first-order chi connectivity index (χ1) is 11.6. The van der Waals surface area contributed by atoms with Crippen LogP contribution in [0.1, 0.15) is 31.2 Å². The molecule has 5 heteroatoms. The van der Waals surface area contributed by atoms with Gasteiger partial charge in [0.15, 0.2) is 0 Å². The van der Waals surface area contributed by atoms with Gasteiger partial charge < -0.3 is 14.5 Å². The Hall–Kier alpha value is -2.04. The molecular formula is C19H26N2O3. The lowest BCUT2D eigenvalue weighted by Crippen LogP contribution is -2.48. The molecular weight excluding hydrogens is 304 g/mol. The molecule has 2 saturated heterocycles. The summed E-state index contributed by atoms with van der Waals surface area (Å²) in [6.07, 6.45) is 4.23. The van der Waals surface area contributed by atoms with Crippen LogP contribution in [0, 0.1) is 5.92 Å². The van der Waals surface area contributed by atoms with E-state index in [0.717, 1.165) is 38.1 Å². The fraction of sp³-hybridized carbons (Fsp3) is 0.579. The van der Waals surface area contributed by atoms with E-state index in [-0.39, 0.29) is 17.9 Å². The number of hydrogen-bond acceptors (Lipinski definition) is 3. The lowest BCUT2D eigenvalue weighted by Gasteiger charge is -2.35. The molecule has 0 aromatic heterocycles. The summed E-state index contributed by atoms with van der Waals surface area (Å²) in [4.78, 5) is 27.8. The molecule has 2 heterocycles. The number of nitrogens with zero attached hydrogens (tertiary/aromatic N) is 2. The van der Waals surface area contributed by atoms with Crippen LogP contribution in [-0.4, -0.2) is 54.9 Å². The molecule has 0 saturated carbocycles. The largest absolute Gasteiger partial charge is 0.497 e. The predicted molar refractivity (Wildman–Crippen MR) is 91.8 cm³/mol. The molecule has 0 radical (unpaired) electrons. The molecule has 24 heavy (non-hydrogen) atoms. The summed E-state index contributed by atoms with van der Waals surface area (Å²) in [7, 11) is 3.43. The van der Waals surface area contributed by atoms with Gasteiger partial charge in [-0.2, -0.15) is 0 Å². The van der Waals surface area contributed by atoms with Crippen LogP contribution in [-0.2, 0) is 16.0 Å². The molecule has 0 bridgehead atoms. The molecule has 5 nitrogen and oxygen atoms in total. The molecule has 130 valence electrons. The van der Waals surface area contributed by atoms with E-state index in [4.69, 9.17) is 4.74 Å². The van der Waals surface area contributed by atoms with Gasteiger partial charge >= 0.3 is 0 Å². The molecule has 0 aliphatic carbocycles. The van der Waals surface area contributed by atoms with Crippen LogP contribution in [0.3, 0.4) is 0 Å². The van der Waals surface area contributed by atoms with Crippen LogP contribution in [0.4, 0.5) is 0 Å². The number of likely N-dealkylation sites (tertiary alicyclic amines) is 2. The molecule has 2 amide bonds. The van der Waals surface area contributed by atoms with Crippen LogP contribution >= 0.6 is 0 Å². The second kappa shape index (κ2) is 7.24. The first-order valence-corrected chi connectivity index (χ1v) is 8.76. The summed E-state index contributed by atoms with van der Waals surface area (Å²) >= 11 is 0. The Labute approximate surface area is 143 Å². The third-order valence-electron chi connectivity index (χ3n) is 5.36. The van der Waals surface area contributed by atoms with Gasteiger partial charge in [0.2, 0.25) is 11.8 Å². The van der Waals surface area contributed by atoms with Crippen molar-refractivity contribution in [1.82, 2.24) is 9.80 Å². The summed E-state index contributed by atoms with van der Waals surface area (Å²) < 4.78 is 5.28. The number of likely N-dealkylation sites (N-methyl/N-ethyl adjacent to an activating group) is 1. The lowest BCUT2D eigenvalue weighted by molar-refractivity contribution is -0.141. The van der Waals surface area contributed by atoms with Crippen molar-refractivity contribution in [1.29, 1.82) is 0 Å². The zero-order valence-corrected chi connectivity index (χ0v) is 14.5. The minimum atomic E-state index is -0.243. The summed E-state index contributed by atoms with van der Waals surface area (Å²) in [5.41, 5.74) is 1.29. The second-order valence-corrected chi connectivity index (χ2v) is 6.88. The highest BCUT2D eigenvalue weighted by Crippen LogP contribution is 2.26. The zero-order chi connectivity index (χ0) is 17.1. The Morgan fingerprint density at radius 1 is 1.25 bits per heavy atom. The highest BCUT2D eigenvalue weighted by molar-refractivity contribution is 5.90. The summed E-state index contributed by atoms with van der Waals surface area (Å²) in [5, 5.41) is 0. The van der Waals surface area contributed by atoms with E-state index in [1.54, 1.807) is 19.1 Å². The smallest absolute Gasteiger partial charge is 0.245 e. The molecule has 1 unspecified atom stereocenters. The summed E-state index contributed by atoms with van der Waals surface area (Å²) in [5.74, 6) is 1.71. The average Bonchev–Trinajstić information content (AvgIpc) is 2.94. The lowest BCUT2D eigenvalue weighted by atomic mass is 9.90. The topological polar surface area (TPSA) is 49.9 Å². The number of amides is 2. The van der Waals surface area contributed by atoms with Gasteiger partial charge in [0, 0.05) is 26.6 Å². The Morgan fingerprint density at radius 2 is 2.00 bits per heavy atom. The molecule has 0 spiro atoms. The Balaban J connectivity index is 1.52. The van der Waals surface area contributed by atoms with Crippen LogP contribution in [0.5, 0.6) is 5.75 Å². The first kappa shape index (κ1) is 16.8. The van der Waals surface area contributed by atoms with Gasteiger partial charge in [0.25, 0.3) is 0 Å². The number of rotatable bonds is 4. The average molecular weight is 330 g/mol. The highest BCUT2D eigenvalue weighted by atomic mass is 16.5. The minimum Gasteiger partial charge on any atom is -0.497 e. The normalized spacial score (nSPS) is 22.1. The van der Waals surface area contributed by atoms with E-state index in [2.05, 4.69) is 12.1 Å². The van der Waals surface area contributed by atoms with Gasteiger partial charge in [-0.15, -0.1) is 0 Å². The van der Waals surface area contributed by atoms with E-state index in [1.807, 2.05) is 17.0 Å². The number of carbonyl (C=O) groups is 2. The molecule has 2 fully saturated rings. The van der Waals surface area contributed by atoms with Crippen molar-refractivity contribution >= 4 is 11.8 Å². The van der Waals surface area contributed by atoms with Crippen LogP contribution in [0.15, 0.2) is 24.3 Å². The SMILES string of the molecule is COc1cccc(CC2CCN(C(=O)C3CCC(=O)N3C)CC2)c1. The van der Waals surface area contributed by atoms with Crippen molar-refractivity contribution in [3.63, 3.8) is 0 Å². The van der Waals surface area contributed by atoms with Gasteiger partial charge in [0.05, 0.1) is 7.11 Å².